The Labute approximate surface area is 166 Å². The number of hydrogen-bond acceptors (Lipinski definition) is 5. The molecule has 152 valence electrons. The van der Waals surface area contributed by atoms with Gasteiger partial charge in [0.1, 0.15) is 5.69 Å². The first kappa shape index (κ1) is 21.7. The second-order valence-electron chi connectivity index (χ2n) is 7.44. The quantitative estimate of drug-likeness (QED) is 0.736. The molecule has 3 rings (SSSR count). The largest absolute Gasteiger partial charge is 0.353 e. The monoisotopic (exact) mass is 418 g/mol. The fourth-order valence-corrected chi connectivity index (χ4v) is 5.45. The molecule has 0 aromatic carbocycles. The lowest BCUT2D eigenvalue weighted by atomic mass is 9.88. The van der Waals surface area contributed by atoms with Gasteiger partial charge in [-0.2, -0.15) is 0 Å². The van der Waals surface area contributed by atoms with E-state index in [1.54, 1.807) is 11.0 Å². The Balaban J connectivity index is 0.00000261. The molecule has 1 aromatic rings. The third-order valence-electron chi connectivity index (χ3n) is 5.27. The van der Waals surface area contributed by atoms with Crippen molar-refractivity contribution in [1.29, 1.82) is 0 Å². The summed E-state index contributed by atoms with van der Waals surface area (Å²) in [6, 6.07) is 2.69. The van der Waals surface area contributed by atoms with Crippen molar-refractivity contribution in [2.75, 3.05) is 19.8 Å². The van der Waals surface area contributed by atoms with Gasteiger partial charge in [0.15, 0.2) is 0 Å². The van der Waals surface area contributed by atoms with Gasteiger partial charge in [-0.15, -0.1) is 12.4 Å². The predicted octanol–water partition coefficient (Wildman–Crippen LogP) is 0.813. The van der Waals surface area contributed by atoms with Crippen LogP contribution in [0.1, 0.15) is 36.5 Å². The van der Waals surface area contributed by atoms with Crippen LogP contribution in [0.15, 0.2) is 12.1 Å². The fourth-order valence-electron chi connectivity index (χ4n) is 4.28. The van der Waals surface area contributed by atoms with Crippen LogP contribution in [-0.2, 0) is 21.4 Å². The topological polar surface area (TPSA) is 103 Å². The van der Waals surface area contributed by atoms with Crippen LogP contribution in [-0.4, -0.2) is 66.4 Å². The highest BCUT2D eigenvalue weighted by molar-refractivity contribution is 7.88. The van der Waals surface area contributed by atoms with E-state index >= 15 is 0 Å². The van der Waals surface area contributed by atoms with Gasteiger partial charge in [0.2, 0.25) is 15.9 Å². The number of nitrogens with zero attached hydrogens (tertiary/aromatic N) is 2. The molecular formula is C17H27ClN4O4S. The molecule has 10 heteroatoms. The normalized spacial score (nSPS) is 25.1. The van der Waals surface area contributed by atoms with Gasteiger partial charge < -0.3 is 15.2 Å². The average Bonchev–Trinajstić information content (AvgIpc) is 3.19. The summed E-state index contributed by atoms with van der Waals surface area (Å²) in [5, 5.41) is 3.02. The van der Waals surface area contributed by atoms with E-state index in [2.05, 4.69) is 10.3 Å². The van der Waals surface area contributed by atoms with E-state index in [1.807, 2.05) is 27.0 Å². The number of nitrogens with one attached hydrogen (secondary N) is 2. The van der Waals surface area contributed by atoms with Crippen LogP contribution in [0.5, 0.6) is 0 Å². The molecular weight excluding hydrogens is 392 g/mol. The van der Waals surface area contributed by atoms with Gasteiger partial charge in [-0.05, 0) is 31.5 Å². The molecule has 0 unspecified atom stereocenters. The van der Waals surface area contributed by atoms with Crippen molar-refractivity contribution < 1.29 is 18.0 Å². The van der Waals surface area contributed by atoms with Gasteiger partial charge >= 0.3 is 0 Å². The van der Waals surface area contributed by atoms with Crippen LogP contribution >= 0.6 is 12.4 Å². The van der Waals surface area contributed by atoms with Crippen molar-refractivity contribution >= 4 is 34.2 Å². The molecule has 0 radical (unpaired) electrons. The molecule has 8 nitrogen and oxygen atoms in total. The van der Waals surface area contributed by atoms with E-state index in [-0.39, 0.29) is 24.2 Å². The van der Waals surface area contributed by atoms with Crippen molar-refractivity contribution in [2.24, 2.45) is 11.8 Å². The smallest absolute Gasteiger partial charge is 0.270 e. The predicted molar refractivity (Wildman–Crippen MR) is 104 cm³/mol. The molecule has 0 aliphatic carbocycles. The van der Waals surface area contributed by atoms with E-state index < -0.39 is 33.9 Å². The van der Waals surface area contributed by atoms with Crippen molar-refractivity contribution in [1.82, 2.24) is 19.5 Å². The second kappa shape index (κ2) is 7.81. The van der Waals surface area contributed by atoms with Crippen molar-refractivity contribution in [3.8, 4) is 0 Å². The number of aromatic nitrogens is 1. The first-order chi connectivity index (χ1) is 12.2. The Morgan fingerprint density at radius 1 is 1.37 bits per heavy atom. The highest BCUT2D eigenvalue weighted by Gasteiger charge is 2.58. The van der Waals surface area contributed by atoms with Gasteiger partial charge in [-0.25, -0.2) is 12.7 Å². The van der Waals surface area contributed by atoms with Crippen molar-refractivity contribution in [3.63, 3.8) is 0 Å². The lowest BCUT2D eigenvalue weighted by Crippen LogP contribution is -2.44. The van der Waals surface area contributed by atoms with Crippen LogP contribution in [0.4, 0.5) is 0 Å². The summed E-state index contributed by atoms with van der Waals surface area (Å²) in [5.41, 5.74) is 1.36. The van der Waals surface area contributed by atoms with E-state index in [9.17, 15) is 18.0 Å². The van der Waals surface area contributed by atoms with Gasteiger partial charge in [-0.3, -0.25) is 9.59 Å². The Bertz CT molecular complexity index is 823. The van der Waals surface area contributed by atoms with E-state index in [4.69, 9.17) is 0 Å². The molecule has 3 atom stereocenters. The Morgan fingerprint density at radius 2 is 2.04 bits per heavy atom. The number of halogens is 1. The summed E-state index contributed by atoms with van der Waals surface area (Å²) in [4.78, 5) is 30.6. The van der Waals surface area contributed by atoms with E-state index in [0.717, 1.165) is 16.3 Å². The van der Waals surface area contributed by atoms with Crippen LogP contribution in [0.2, 0.25) is 0 Å². The Hall–Kier alpha value is -1.58. The zero-order valence-corrected chi connectivity index (χ0v) is 17.6. The number of hydrogen-bond donors (Lipinski definition) is 2. The molecule has 0 spiro atoms. The first-order valence-corrected chi connectivity index (χ1v) is 10.7. The van der Waals surface area contributed by atoms with Gasteiger partial charge in [0.25, 0.3) is 5.91 Å². The lowest BCUT2D eigenvalue weighted by molar-refractivity contribution is -0.129. The van der Waals surface area contributed by atoms with Crippen molar-refractivity contribution in [2.45, 2.75) is 38.9 Å². The number of carbonyl (C=O) groups excluding carboxylic acids is 2. The Morgan fingerprint density at radius 3 is 2.59 bits per heavy atom. The minimum Gasteiger partial charge on any atom is -0.353 e. The number of carbonyl (C=O) groups is 2. The third kappa shape index (κ3) is 3.72. The molecule has 2 N–H and O–H groups in total. The maximum absolute atomic E-state index is 13.0. The number of likely N-dealkylation sites (tertiary alicyclic amines) is 1. The molecule has 2 saturated heterocycles. The number of rotatable bonds is 5. The van der Waals surface area contributed by atoms with Crippen LogP contribution in [0.3, 0.4) is 0 Å². The maximum Gasteiger partial charge on any atom is 0.270 e. The van der Waals surface area contributed by atoms with Crippen LogP contribution in [0.25, 0.3) is 0 Å². The summed E-state index contributed by atoms with van der Waals surface area (Å²) in [5.74, 6) is -1.14. The molecule has 3 heterocycles. The minimum atomic E-state index is -3.66. The molecule has 0 saturated carbocycles. The van der Waals surface area contributed by atoms with E-state index in [1.165, 1.54) is 0 Å². The molecule has 2 amide bonds. The molecule has 27 heavy (non-hydrogen) atoms. The summed E-state index contributed by atoms with van der Waals surface area (Å²) >= 11 is 0. The standard InChI is InChI=1S/C17H26N4O4S.ClH/c1-10(2)14-15-13(21(17(14)23)26(4,24)25)7-8-20(15)16(22)12-6-5-11(19-12)9-18-3;/h5-6,10,13-15,18-19H,7-9H2,1-4H3;1H/t13-,14+,15-;/m1./s1. The molecule has 2 aliphatic heterocycles. The molecule has 2 fully saturated rings. The number of sulfonamides is 1. The fraction of sp³-hybridized carbons (Fsp3) is 0.647. The molecule has 0 bridgehead atoms. The average molecular weight is 419 g/mol. The number of H-pyrrole nitrogens is 1. The number of aromatic amines is 1. The van der Waals surface area contributed by atoms with Gasteiger partial charge in [-0.1, -0.05) is 13.8 Å². The Kier molecular flexibility index (Phi) is 6.28. The second-order valence-corrected chi connectivity index (χ2v) is 9.30. The van der Waals surface area contributed by atoms with E-state index in [0.29, 0.717) is 25.2 Å². The maximum atomic E-state index is 13.0. The van der Waals surface area contributed by atoms with Crippen molar-refractivity contribution in [3.05, 3.63) is 23.5 Å². The lowest BCUT2D eigenvalue weighted by Gasteiger charge is -2.29. The zero-order valence-electron chi connectivity index (χ0n) is 15.9. The van der Waals surface area contributed by atoms with Crippen LogP contribution < -0.4 is 5.32 Å². The molecule has 1 aromatic heterocycles. The zero-order chi connectivity index (χ0) is 19.2. The minimum absolute atomic E-state index is 0. The van der Waals surface area contributed by atoms with Gasteiger partial charge in [0.05, 0.1) is 24.3 Å². The van der Waals surface area contributed by atoms with Crippen LogP contribution in [0, 0.1) is 11.8 Å². The summed E-state index contributed by atoms with van der Waals surface area (Å²) < 4.78 is 25.3. The third-order valence-corrected chi connectivity index (χ3v) is 6.44. The highest BCUT2D eigenvalue weighted by atomic mass is 35.5. The first-order valence-electron chi connectivity index (χ1n) is 8.83. The summed E-state index contributed by atoms with van der Waals surface area (Å²) in [7, 11) is -1.84. The highest BCUT2D eigenvalue weighted by Crippen LogP contribution is 2.41. The number of fused-ring (bicyclic) bond motifs is 1. The number of amides is 2. The SMILES string of the molecule is CNCc1ccc(C(=O)N2CC[C@@H]3[C@@H]2[C@H](C(C)C)C(=O)N3S(C)(=O)=O)[nH]1.Cl. The summed E-state index contributed by atoms with van der Waals surface area (Å²) in [6.45, 7) is 4.85. The van der Waals surface area contributed by atoms with Gasteiger partial charge in [0, 0.05) is 18.8 Å². The summed E-state index contributed by atoms with van der Waals surface area (Å²) in [6.07, 6.45) is 1.53. The molecule has 2 aliphatic rings.